The van der Waals surface area contributed by atoms with Gasteiger partial charge in [-0.25, -0.2) is 4.98 Å². The smallest absolute Gasteiger partial charge is 0.287 e. The maximum atomic E-state index is 12.2. The van der Waals surface area contributed by atoms with Crippen molar-refractivity contribution in [1.82, 2.24) is 14.2 Å². The third-order valence-electron chi connectivity index (χ3n) is 2.28. The number of nitrogens with zero attached hydrogens (tertiary/aromatic N) is 3. The number of hydrogen-bond donors (Lipinski definition) is 1. The molecular formula is C10H10N4O3S. The standard InChI is InChI=1S/C10H10N4O3S/c1-7-2-4-8(5-3-7)18(16,17)14-10(9(11)15)12-6-13-14/h2-6H,1H3,(H2,11,15). The summed E-state index contributed by atoms with van der Waals surface area (Å²) >= 11 is 0. The van der Waals surface area contributed by atoms with Crippen LogP contribution in [0.2, 0.25) is 0 Å². The number of primary amides is 1. The lowest BCUT2D eigenvalue weighted by atomic mass is 10.2. The summed E-state index contributed by atoms with van der Waals surface area (Å²) in [6, 6.07) is 6.15. The third kappa shape index (κ3) is 1.97. The zero-order valence-corrected chi connectivity index (χ0v) is 10.3. The predicted octanol–water partition coefficient (Wildman–Crippen LogP) is -0.0776. The Kier molecular flexibility index (Phi) is 2.87. The normalized spacial score (nSPS) is 11.4. The first-order chi connectivity index (χ1) is 8.43. The van der Waals surface area contributed by atoms with Gasteiger partial charge in [-0.15, -0.1) is 9.19 Å². The van der Waals surface area contributed by atoms with Crippen molar-refractivity contribution in [2.45, 2.75) is 11.8 Å². The van der Waals surface area contributed by atoms with Gasteiger partial charge in [0.1, 0.15) is 6.33 Å². The van der Waals surface area contributed by atoms with Crippen LogP contribution in [0.15, 0.2) is 35.5 Å². The van der Waals surface area contributed by atoms with Crippen LogP contribution in [0, 0.1) is 6.92 Å². The minimum atomic E-state index is -3.95. The Hall–Kier alpha value is -2.22. The van der Waals surface area contributed by atoms with Gasteiger partial charge in [0, 0.05) is 0 Å². The van der Waals surface area contributed by atoms with Crippen LogP contribution in [0.25, 0.3) is 0 Å². The molecule has 0 atom stereocenters. The van der Waals surface area contributed by atoms with Gasteiger partial charge in [0.05, 0.1) is 4.90 Å². The van der Waals surface area contributed by atoms with E-state index in [4.69, 9.17) is 5.73 Å². The third-order valence-corrected chi connectivity index (χ3v) is 3.88. The highest BCUT2D eigenvalue weighted by molar-refractivity contribution is 7.89. The van der Waals surface area contributed by atoms with Crippen LogP contribution in [0.3, 0.4) is 0 Å². The minimum absolute atomic E-state index is 0.0149. The maximum Gasteiger partial charge on any atom is 0.287 e. The first kappa shape index (κ1) is 12.2. The summed E-state index contributed by atoms with van der Waals surface area (Å²) < 4.78 is 24.9. The topological polar surface area (TPSA) is 108 Å². The molecule has 2 N–H and O–H groups in total. The maximum absolute atomic E-state index is 12.2. The van der Waals surface area contributed by atoms with Crippen LogP contribution in [-0.2, 0) is 10.0 Å². The predicted molar refractivity (Wildman–Crippen MR) is 62.3 cm³/mol. The van der Waals surface area contributed by atoms with Gasteiger partial charge in [-0.1, -0.05) is 17.7 Å². The zero-order valence-electron chi connectivity index (χ0n) is 9.44. The Morgan fingerprint density at radius 3 is 2.44 bits per heavy atom. The second kappa shape index (κ2) is 4.22. The van der Waals surface area contributed by atoms with Crippen LogP contribution in [0.1, 0.15) is 16.2 Å². The van der Waals surface area contributed by atoms with Crippen LogP contribution >= 0.6 is 0 Å². The average Bonchev–Trinajstić information content (AvgIpc) is 2.79. The second-order valence-electron chi connectivity index (χ2n) is 3.61. The van der Waals surface area contributed by atoms with Crippen LogP contribution in [0.4, 0.5) is 0 Å². The van der Waals surface area contributed by atoms with Gasteiger partial charge in [-0.2, -0.15) is 8.42 Å². The molecule has 94 valence electrons. The van der Waals surface area contributed by atoms with Gasteiger partial charge in [0.25, 0.3) is 15.9 Å². The lowest BCUT2D eigenvalue weighted by Gasteiger charge is -2.05. The van der Waals surface area contributed by atoms with Crippen LogP contribution in [-0.4, -0.2) is 28.5 Å². The summed E-state index contributed by atoms with van der Waals surface area (Å²) in [7, 11) is -3.95. The summed E-state index contributed by atoms with van der Waals surface area (Å²) in [6.07, 6.45) is 0.964. The molecule has 0 spiro atoms. The zero-order chi connectivity index (χ0) is 13.3. The number of amides is 1. The number of hydrogen-bond acceptors (Lipinski definition) is 5. The van der Waals surface area contributed by atoms with E-state index < -0.39 is 21.8 Å². The second-order valence-corrected chi connectivity index (χ2v) is 5.38. The Labute approximate surface area is 103 Å². The largest absolute Gasteiger partial charge is 0.363 e. The van der Waals surface area contributed by atoms with Crippen molar-refractivity contribution in [1.29, 1.82) is 0 Å². The van der Waals surface area contributed by atoms with Crippen molar-refractivity contribution in [3.8, 4) is 0 Å². The Balaban J connectivity index is 2.58. The van der Waals surface area contributed by atoms with Crippen LogP contribution < -0.4 is 5.73 Å². The molecule has 8 heteroatoms. The van der Waals surface area contributed by atoms with E-state index in [0.717, 1.165) is 11.9 Å². The van der Waals surface area contributed by atoms with E-state index in [2.05, 4.69) is 10.1 Å². The molecule has 0 fully saturated rings. The fourth-order valence-corrected chi connectivity index (χ4v) is 2.59. The molecule has 2 rings (SSSR count). The fraction of sp³-hybridized carbons (Fsp3) is 0.100. The summed E-state index contributed by atoms with van der Waals surface area (Å²) in [5, 5.41) is 3.52. The van der Waals surface area contributed by atoms with Crippen molar-refractivity contribution in [3.63, 3.8) is 0 Å². The lowest BCUT2D eigenvalue weighted by Crippen LogP contribution is -2.24. The molecule has 0 unspecified atom stereocenters. The van der Waals surface area contributed by atoms with E-state index in [-0.39, 0.29) is 4.90 Å². The molecule has 0 bridgehead atoms. The number of carbonyl (C=O) groups is 1. The monoisotopic (exact) mass is 266 g/mol. The molecule has 0 aliphatic heterocycles. The van der Waals surface area contributed by atoms with Gasteiger partial charge in [-0.3, -0.25) is 4.79 Å². The van der Waals surface area contributed by atoms with E-state index in [1.54, 1.807) is 12.1 Å². The molecule has 1 aromatic carbocycles. The van der Waals surface area contributed by atoms with Crippen molar-refractivity contribution in [3.05, 3.63) is 42.0 Å². The molecule has 0 radical (unpaired) electrons. The lowest BCUT2D eigenvalue weighted by molar-refractivity contribution is 0.0989. The quantitative estimate of drug-likeness (QED) is 0.836. The number of nitrogens with two attached hydrogens (primary N) is 1. The average molecular weight is 266 g/mol. The molecule has 2 aromatic rings. The Morgan fingerprint density at radius 1 is 1.28 bits per heavy atom. The number of rotatable bonds is 3. The number of benzene rings is 1. The molecule has 0 saturated carbocycles. The molecule has 0 aliphatic carbocycles. The van der Waals surface area contributed by atoms with E-state index in [9.17, 15) is 13.2 Å². The highest BCUT2D eigenvalue weighted by Gasteiger charge is 2.24. The Morgan fingerprint density at radius 2 is 1.89 bits per heavy atom. The first-order valence-corrected chi connectivity index (χ1v) is 6.39. The van der Waals surface area contributed by atoms with E-state index >= 15 is 0 Å². The summed E-state index contributed by atoms with van der Waals surface area (Å²) in [5.74, 6) is -1.38. The highest BCUT2D eigenvalue weighted by Crippen LogP contribution is 2.14. The molecular weight excluding hydrogens is 256 g/mol. The van der Waals surface area contributed by atoms with Gasteiger partial charge in [-0.05, 0) is 19.1 Å². The number of aryl methyl sites for hydroxylation is 1. The van der Waals surface area contributed by atoms with Crippen LogP contribution in [0.5, 0.6) is 0 Å². The van der Waals surface area contributed by atoms with Crippen molar-refractivity contribution in [2.24, 2.45) is 5.73 Å². The molecule has 0 saturated heterocycles. The Bertz CT molecular complexity index is 688. The molecule has 1 aromatic heterocycles. The fourth-order valence-electron chi connectivity index (χ4n) is 1.38. The van der Waals surface area contributed by atoms with Gasteiger partial charge in [0.15, 0.2) is 0 Å². The van der Waals surface area contributed by atoms with Gasteiger partial charge >= 0.3 is 0 Å². The number of carbonyl (C=O) groups excluding carboxylic acids is 1. The van der Waals surface area contributed by atoms with Crippen molar-refractivity contribution in [2.75, 3.05) is 0 Å². The molecule has 1 amide bonds. The SMILES string of the molecule is Cc1ccc(S(=O)(=O)n2ncnc2C(N)=O)cc1. The van der Waals surface area contributed by atoms with Gasteiger partial charge in [0.2, 0.25) is 5.82 Å². The van der Waals surface area contributed by atoms with E-state index in [1.807, 2.05) is 6.92 Å². The molecule has 18 heavy (non-hydrogen) atoms. The van der Waals surface area contributed by atoms with Gasteiger partial charge < -0.3 is 5.73 Å². The van der Waals surface area contributed by atoms with Crippen molar-refractivity contribution >= 4 is 15.9 Å². The summed E-state index contributed by atoms with van der Waals surface area (Å²) in [6.45, 7) is 1.83. The first-order valence-electron chi connectivity index (χ1n) is 4.95. The highest BCUT2D eigenvalue weighted by atomic mass is 32.2. The molecule has 7 nitrogen and oxygen atoms in total. The molecule has 1 heterocycles. The van der Waals surface area contributed by atoms with Crippen molar-refractivity contribution < 1.29 is 13.2 Å². The minimum Gasteiger partial charge on any atom is -0.363 e. The number of aromatic nitrogens is 3. The summed E-state index contributed by atoms with van der Waals surface area (Å²) in [5.41, 5.74) is 5.95. The summed E-state index contributed by atoms with van der Waals surface area (Å²) in [4.78, 5) is 14.6. The molecule has 0 aliphatic rings. The van der Waals surface area contributed by atoms with E-state index in [0.29, 0.717) is 4.09 Å². The van der Waals surface area contributed by atoms with E-state index in [1.165, 1.54) is 12.1 Å².